The largest absolute Gasteiger partial charge is 0.481 e. The topological polar surface area (TPSA) is 86.7 Å². The van der Waals surface area contributed by atoms with Gasteiger partial charge in [0.1, 0.15) is 0 Å². The van der Waals surface area contributed by atoms with Crippen LogP contribution in [0.5, 0.6) is 0 Å². The number of aliphatic carboxylic acids is 1. The van der Waals surface area contributed by atoms with E-state index in [1.54, 1.807) is 40.5 Å². The van der Waals surface area contributed by atoms with Gasteiger partial charge in [0, 0.05) is 36.5 Å². The molecule has 1 aromatic carbocycles. The van der Waals surface area contributed by atoms with Gasteiger partial charge in [-0.15, -0.1) is 11.3 Å². The van der Waals surface area contributed by atoms with Crippen molar-refractivity contribution in [1.82, 2.24) is 4.90 Å². The number of anilines is 1. The Bertz CT molecular complexity index is 830. The molecule has 136 valence electrons. The summed E-state index contributed by atoms with van der Waals surface area (Å²) in [4.78, 5) is 38.3. The maximum atomic E-state index is 12.3. The van der Waals surface area contributed by atoms with Gasteiger partial charge in [-0.3, -0.25) is 14.4 Å². The summed E-state index contributed by atoms with van der Waals surface area (Å²) in [5.74, 6) is -1.19. The van der Waals surface area contributed by atoms with Gasteiger partial charge in [0.15, 0.2) is 0 Å². The van der Waals surface area contributed by atoms with E-state index in [1.807, 2.05) is 5.38 Å². The Balaban J connectivity index is 1.48. The summed E-state index contributed by atoms with van der Waals surface area (Å²) in [7, 11) is 0. The van der Waals surface area contributed by atoms with Crippen molar-refractivity contribution in [2.24, 2.45) is 0 Å². The molecule has 0 saturated carbocycles. The van der Waals surface area contributed by atoms with E-state index >= 15 is 0 Å². The highest BCUT2D eigenvalue weighted by molar-refractivity contribution is 7.10. The lowest BCUT2D eigenvalue weighted by Crippen LogP contribution is -2.35. The molecule has 1 aliphatic heterocycles. The number of carboxylic acid groups (broad SMARTS) is 1. The van der Waals surface area contributed by atoms with E-state index in [9.17, 15) is 14.4 Å². The normalized spacial score (nSPS) is 13.2. The fourth-order valence-corrected chi connectivity index (χ4v) is 3.89. The van der Waals surface area contributed by atoms with Crippen LogP contribution in [0.2, 0.25) is 0 Å². The second kappa shape index (κ2) is 8.14. The molecule has 2 aromatic rings. The summed E-state index contributed by atoms with van der Waals surface area (Å²) >= 11 is 1.72. The molecule has 2 N–H and O–H groups in total. The van der Waals surface area contributed by atoms with Crippen LogP contribution in [0.15, 0.2) is 35.7 Å². The maximum Gasteiger partial charge on any atom is 0.307 e. The summed E-state index contributed by atoms with van der Waals surface area (Å²) in [6.45, 7) is 1.32. The Hall–Kier alpha value is -2.67. The number of thiophene rings is 1. The first-order valence-electron chi connectivity index (χ1n) is 8.45. The monoisotopic (exact) mass is 372 g/mol. The van der Waals surface area contributed by atoms with Crippen molar-refractivity contribution in [3.8, 4) is 0 Å². The maximum absolute atomic E-state index is 12.3. The number of nitrogens with one attached hydrogen (secondary N) is 1. The molecule has 0 fully saturated rings. The molecule has 2 amide bonds. The lowest BCUT2D eigenvalue weighted by Gasteiger charge is -2.27. The van der Waals surface area contributed by atoms with Crippen molar-refractivity contribution < 1.29 is 19.5 Å². The third kappa shape index (κ3) is 4.70. The zero-order valence-electron chi connectivity index (χ0n) is 14.2. The Morgan fingerprint density at radius 3 is 2.85 bits per heavy atom. The zero-order chi connectivity index (χ0) is 18.5. The minimum Gasteiger partial charge on any atom is -0.481 e. The molecule has 7 heteroatoms. The molecule has 0 atom stereocenters. The highest BCUT2D eigenvalue weighted by atomic mass is 32.1. The molecule has 0 spiro atoms. The molecule has 1 aliphatic rings. The van der Waals surface area contributed by atoms with Crippen molar-refractivity contribution in [3.05, 3.63) is 51.7 Å². The fourth-order valence-electron chi connectivity index (χ4n) is 3.00. The van der Waals surface area contributed by atoms with Crippen LogP contribution in [0.25, 0.3) is 0 Å². The van der Waals surface area contributed by atoms with Crippen molar-refractivity contribution in [2.75, 3.05) is 11.9 Å². The molecule has 0 radical (unpaired) electrons. The van der Waals surface area contributed by atoms with Crippen LogP contribution in [-0.2, 0) is 33.8 Å². The first-order valence-corrected chi connectivity index (χ1v) is 9.33. The summed E-state index contributed by atoms with van der Waals surface area (Å²) in [5.41, 5.74) is 2.36. The second-order valence-corrected chi connectivity index (χ2v) is 7.25. The SMILES string of the molecule is O=C(O)Cc1cccc(NC(=O)CCC(=O)N2CCc3sccc3C2)c1. The van der Waals surface area contributed by atoms with Crippen LogP contribution >= 0.6 is 11.3 Å². The third-order valence-electron chi connectivity index (χ3n) is 4.29. The molecule has 2 heterocycles. The number of amides is 2. The molecule has 0 aliphatic carbocycles. The van der Waals surface area contributed by atoms with E-state index < -0.39 is 5.97 Å². The van der Waals surface area contributed by atoms with E-state index in [1.165, 1.54) is 10.4 Å². The van der Waals surface area contributed by atoms with Crippen LogP contribution in [0, 0.1) is 0 Å². The smallest absolute Gasteiger partial charge is 0.307 e. The quantitative estimate of drug-likeness (QED) is 0.816. The van der Waals surface area contributed by atoms with Gasteiger partial charge in [0.25, 0.3) is 0 Å². The molecule has 3 rings (SSSR count). The lowest BCUT2D eigenvalue weighted by atomic mass is 10.1. The van der Waals surface area contributed by atoms with Crippen LogP contribution < -0.4 is 5.32 Å². The molecule has 0 unspecified atom stereocenters. The summed E-state index contributed by atoms with van der Waals surface area (Å²) in [6.07, 6.45) is 1.05. The van der Waals surface area contributed by atoms with Gasteiger partial charge >= 0.3 is 5.97 Å². The van der Waals surface area contributed by atoms with Gasteiger partial charge < -0.3 is 15.3 Å². The van der Waals surface area contributed by atoms with Gasteiger partial charge in [-0.25, -0.2) is 0 Å². The first kappa shape index (κ1) is 18.1. The van der Waals surface area contributed by atoms with Crippen molar-refractivity contribution in [1.29, 1.82) is 0 Å². The predicted molar refractivity (Wildman–Crippen MR) is 99.1 cm³/mol. The summed E-state index contributed by atoms with van der Waals surface area (Å²) in [5, 5.41) is 13.6. The van der Waals surface area contributed by atoms with Crippen LogP contribution in [-0.4, -0.2) is 34.3 Å². The Morgan fingerprint density at radius 1 is 1.19 bits per heavy atom. The Kier molecular flexibility index (Phi) is 5.68. The first-order chi connectivity index (χ1) is 12.5. The van der Waals surface area contributed by atoms with E-state index in [2.05, 4.69) is 11.4 Å². The standard InChI is InChI=1S/C19H20N2O4S/c22-17(20-15-3-1-2-13(10-15)11-19(24)25)4-5-18(23)21-8-6-16-14(12-21)7-9-26-16/h1-3,7,9-10H,4-6,8,11-12H2,(H,20,22)(H,24,25). The average Bonchev–Trinajstić information content (AvgIpc) is 3.07. The summed E-state index contributed by atoms with van der Waals surface area (Å²) < 4.78 is 0. The number of carbonyl (C=O) groups excluding carboxylic acids is 2. The Morgan fingerprint density at radius 2 is 2.04 bits per heavy atom. The van der Waals surface area contributed by atoms with Crippen LogP contribution in [0.3, 0.4) is 0 Å². The van der Waals surface area contributed by atoms with Crippen molar-refractivity contribution >= 4 is 34.8 Å². The molecule has 26 heavy (non-hydrogen) atoms. The minimum absolute atomic E-state index is 0.0170. The number of benzene rings is 1. The van der Waals surface area contributed by atoms with E-state index in [4.69, 9.17) is 5.11 Å². The average molecular weight is 372 g/mol. The van der Waals surface area contributed by atoms with Gasteiger partial charge in [0.05, 0.1) is 6.42 Å². The predicted octanol–water partition coefficient (Wildman–Crippen LogP) is 2.68. The lowest BCUT2D eigenvalue weighted by molar-refractivity contribution is -0.136. The fraction of sp³-hybridized carbons (Fsp3) is 0.316. The van der Waals surface area contributed by atoms with Gasteiger partial charge in [-0.05, 0) is 41.1 Å². The third-order valence-corrected chi connectivity index (χ3v) is 5.32. The number of carbonyl (C=O) groups is 3. The molecule has 0 bridgehead atoms. The van der Waals surface area contributed by atoms with Crippen molar-refractivity contribution in [2.45, 2.75) is 32.2 Å². The number of hydrogen-bond donors (Lipinski definition) is 2. The number of nitrogens with zero attached hydrogens (tertiary/aromatic N) is 1. The number of carboxylic acids is 1. The van der Waals surface area contributed by atoms with E-state index in [-0.39, 0.29) is 31.1 Å². The highest BCUT2D eigenvalue weighted by Gasteiger charge is 2.21. The van der Waals surface area contributed by atoms with Gasteiger partial charge in [-0.1, -0.05) is 12.1 Å². The zero-order valence-corrected chi connectivity index (χ0v) is 15.1. The molecule has 1 aromatic heterocycles. The van der Waals surface area contributed by atoms with Gasteiger partial charge in [0.2, 0.25) is 11.8 Å². The molecule has 0 saturated heterocycles. The summed E-state index contributed by atoms with van der Waals surface area (Å²) in [6, 6.07) is 8.79. The number of fused-ring (bicyclic) bond motifs is 1. The van der Waals surface area contributed by atoms with E-state index in [0.29, 0.717) is 24.3 Å². The second-order valence-electron chi connectivity index (χ2n) is 6.25. The molecular weight excluding hydrogens is 352 g/mol. The number of rotatable bonds is 6. The molecule has 6 nitrogen and oxygen atoms in total. The highest BCUT2D eigenvalue weighted by Crippen LogP contribution is 2.24. The van der Waals surface area contributed by atoms with Crippen LogP contribution in [0.1, 0.15) is 28.8 Å². The van der Waals surface area contributed by atoms with Crippen LogP contribution in [0.4, 0.5) is 5.69 Å². The number of hydrogen-bond acceptors (Lipinski definition) is 4. The minimum atomic E-state index is -0.922. The van der Waals surface area contributed by atoms with Gasteiger partial charge in [-0.2, -0.15) is 0 Å². The Labute approximate surface area is 155 Å². The van der Waals surface area contributed by atoms with E-state index in [0.717, 1.165) is 6.42 Å². The van der Waals surface area contributed by atoms with Crippen molar-refractivity contribution in [3.63, 3.8) is 0 Å². The molecular formula is C19H20N2O4S.